The molecule has 0 aromatic heterocycles. The smallest absolute Gasteiger partial charge is 0.266 e. The standard InChI is InChI=1S/C26H33N3O4S/c1-4-18-7-12-22(13-8-18)29-25(30)23-14-11-21(15-24(23)26(29)31)27-16-19-5-9-20(10-6-19)28-34(32,33)17(2)3/h7-8,11-15,17,19-20,27-28H,4-6,9-10,16H2,1-3H3. The molecule has 2 amide bonds. The molecule has 0 bridgehead atoms. The van der Waals surface area contributed by atoms with Crippen molar-refractivity contribution < 1.29 is 18.0 Å². The van der Waals surface area contributed by atoms with Crippen LogP contribution in [0.15, 0.2) is 42.5 Å². The summed E-state index contributed by atoms with van der Waals surface area (Å²) in [4.78, 5) is 27.2. The molecule has 1 aliphatic carbocycles. The Morgan fingerprint density at radius 3 is 2.21 bits per heavy atom. The van der Waals surface area contributed by atoms with E-state index < -0.39 is 15.3 Å². The molecule has 0 spiro atoms. The molecule has 0 atom stereocenters. The SMILES string of the molecule is CCc1ccc(N2C(=O)c3ccc(NCC4CCC(NS(=O)(=O)C(C)C)CC4)cc3C2=O)cc1. The molecule has 0 radical (unpaired) electrons. The molecule has 2 aromatic carbocycles. The van der Waals surface area contributed by atoms with Crippen LogP contribution in [-0.4, -0.2) is 38.1 Å². The van der Waals surface area contributed by atoms with E-state index in [1.54, 1.807) is 26.0 Å². The van der Waals surface area contributed by atoms with E-state index in [4.69, 9.17) is 0 Å². The molecule has 8 heteroatoms. The molecule has 7 nitrogen and oxygen atoms in total. The Labute approximate surface area is 202 Å². The Balaban J connectivity index is 1.35. The third-order valence-electron chi connectivity index (χ3n) is 6.88. The molecule has 4 rings (SSSR count). The number of carbonyl (C=O) groups excluding carboxylic acids is 2. The molecule has 182 valence electrons. The number of carbonyl (C=O) groups is 2. The number of nitrogens with zero attached hydrogens (tertiary/aromatic N) is 1. The summed E-state index contributed by atoms with van der Waals surface area (Å²) in [6, 6.07) is 12.8. The summed E-state index contributed by atoms with van der Waals surface area (Å²) in [6.07, 6.45) is 4.40. The third-order valence-corrected chi connectivity index (χ3v) is 8.79. The van der Waals surface area contributed by atoms with Gasteiger partial charge in [-0.2, -0.15) is 0 Å². The van der Waals surface area contributed by atoms with E-state index in [2.05, 4.69) is 17.0 Å². The number of rotatable bonds is 8. The first-order valence-corrected chi connectivity index (χ1v) is 13.6. The van der Waals surface area contributed by atoms with Gasteiger partial charge in [0.15, 0.2) is 0 Å². The van der Waals surface area contributed by atoms with E-state index in [9.17, 15) is 18.0 Å². The number of aryl methyl sites for hydroxylation is 1. The lowest BCUT2D eigenvalue weighted by Gasteiger charge is -2.29. The molecule has 0 unspecified atom stereocenters. The van der Waals surface area contributed by atoms with Crippen LogP contribution in [0.25, 0.3) is 0 Å². The highest BCUT2D eigenvalue weighted by Crippen LogP contribution is 2.31. The molecule has 34 heavy (non-hydrogen) atoms. The summed E-state index contributed by atoms with van der Waals surface area (Å²) < 4.78 is 27.0. The van der Waals surface area contributed by atoms with Crippen LogP contribution in [0.5, 0.6) is 0 Å². The van der Waals surface area contributed by atoms with Crippen LogP contribution in [0.4, 0.5) is 11.4 Å². The Bertz CT molecular complexity index is 1170. The molecular formula is C26H33N3O4S. The maximum Gasteiger partial charge on any atom is 0.266 e. The van der Waals surface area contributed by atoms with Crippen LogP contribution in [0, 0.1) is 5.92 Å². The van der Waals surface area contributed by atoms with Gasteiger partial charge in [-0.1, -0.05) is 19.1 Å². The van der Waals surface area contributed by atoms with E-state index in [-0.39, 0.29) is 17.9 Å². The van der Waals surface area contributed by atoms with Crippen LogP contribution in [-0.2, 0) is 16.4 Å². The van der Waals surface area contributed by atoms with Gasteiger partial charge < -0.3 is 5.32 Å². The summed E-state index contributed by atoms with van der Waals surface area (Å²) in [5, 5.41) is 2.99. The third kappa shape index (κ3) is 5.03. The van der Waals surface area contributed by atoms with E-state index >= 15 is 0 Å². The van der Waals surface area contributed by atoms with Crippen LogP contribution in [0.2, 0.25) is 0 Å². The quantitative estimate of drug-likeness (QED) is 0.545. The van der Waals surface area contributed by atoms with Crippen molar-refractivity contribution in [2.45, 2.75) is 64.2 Å². The second kappa shape index (κ2) is 9.88. The first-order chi connectivity index (χ1) is 16.2. The van der Waals surface area contributed by atoms with Gasteiger partial charge >= 0.3 is 0 Å². The van der Waals surface area contributed by atoms with Crippen LogP contribution in [0.3, 0.4) is 0 Å². The molecule has 2 N–H and O–H groups in total. The molecule has 0 saturated heterocycles. The van der Waals surface area contributed by atoms with Gasteiger partial charge in [-0.25, -0.2) is 18.0 Å². The predicted molar refractivity (Wildman–Crippen MR) is 135 cm³/mol. The van der Waals surface area contributed by atoms with Gasteiger partial charge in [-0.05, 0) is 87.8 Å². The number of benzene rings is 2. The van der Waals surface area contributed by atoms with Crippen molar-refractivity contribution in [1.82, 2.24) is 4.72 Å². The highest BCUT2D eigenvalue weighted by atomic mass is 32.2. The van der Waals surface area contributed by atoms with Gasteiger partial charge in [0.1, 0.15) is 0 Å². The Morgan fingerprint density at radius 2 is 1.59 bits per heavy atom. The minimum Gasteiger partial charge on any atom is -0.385 e. The topological polar surface area (TPSA) is 95.6 Å². The fourth-order valence-electron chi connectivity index (χ4n) is 4.58. The number of fused-ring (bicyclic) bond motifs is 1. The van der Waals surface area contributed by atoms with Crippen molar-refractivity contribution in [3.05, 3.63) is 59.2 Å². The number of nitrogens with one attached hydrogen (secondary N) is 2. The van der Waals surface area contributed by atoms with Gasteiger partial charge in [-0.3, -0.25) is 9.59 Å². The van der Waals surface area contributed by atoms with Gasteiger partial charge in [-0.15, -0.1) is 0 Å². The second-order valence-corrected chi connectivity index (χ2v) is 11.8. The highest BCUT2D eigenvalue weighted by molar-refractivity contribution is 7.90. The summed E-state index contributed by atoms with van der Waals surface area (Å²) in [7, 11) is -3.24. The van der Waals surface area contributed by atoms with Crippen molar-refractivity contribution in [3.8, 4) is 0 Å². The summed E-state index contributed by atoms with van der Waals surface area (Å²) in [6.45, 7) is 6.18. The predicted octanol–water partition coefficient (Wildman–Crippen LogP) is 4.35. The van der Waals surface area contributed by atoms with Gasteiger partial charge in [0.2, 0.25) is 10.0 Å². The number of imide groups is 1. The van der Waals surface area contributed by atoms with Crippen molar-refractivity contribution in [2.24, 2.45) is 5.92 Å². The Kier molecular flexibility index (Phi) is 7.09. The molecule has 1 heterocycles. The average molecular weight is 484 g/mol. The minimum atomic E-state index is -3.24. The molecule has 1 aliphatic heterocycles. The summed E-state index contributed by atoms with van der Waals surface area (Å²) in [5.74, 6) is -0.164. The van der Waals surface area contributed by atoms with Gasteiger partial charge in [0.25, 0.3) is 11.8 Å². The van der Waals surface area contributed by atoms with Gasteiger partial charge in [0.05, 0.1) is 22.1 Å². The van der Waals surface area contributed by atoms with Crippen molar-refractivity contribution in [3.63, 3.8) is 0 Å². The fourth-order valence-corrected chi connectivity index (χ4v) is 5.55. The fraction of sp³-hybridized carbons (Fsp3) is 0.462. The van der Waals surface area contributed by atoms with E-state index in [0.717, 1.165) is 49.9 Å². The number of hydrogen-bond donors (Lipinski definition) is 2. The van der Waals surface area contributed by atoms with Crippen LogP contribution >= 0.6 is 0 Å². The lowest BCUT2D eigenvalue weighted by molar-refractivity contribution is 0.0926. The van der Waals surface area contributed by atoms with Crippen LogP contribution < -0.4 is 14.9 Å². The van der Waals surface area contributed by atoms with Crippen LogP contribution in [0.1, 0.15) is 72.7 Å². The Hall–Kier alpha value is -2.71. The normalized spacial score (nSPS) is 20.6. The molecule has 2 aromatic rings. The monoisotopic (exact) mass is 483 g/mol. The molecule has 1 fully saturated rings. The number of hydrogen-bond acceptors (Lipinski definition) is 5. The van der Waals surface area contributed by atoms with Crippen molar-refractivity contribution in [1.29, 1.82) is 0 Å². The highest BCUT2D eigenvalue weighted by Gasteiger charge is 2.37. The number of sulfonamides is 1. The zero-order chi connectivity index (χ0) is 24.5. The number of anilines is 2. The maximum absolute atomic E-state index is 13.0. The van der Waals surface area contributed by atoms with E-state index in [0.29, 0.717) is 22.7 Å². The first kappa shape index (κ1) is 24.4. The molecule has 2 aliphatic rings. The summed E-state index contributed by atoms with van der Waals surface area (Å²) >= 11 is 0. The van der Waals surface area contributed by atoms with Crippen molar-refractivity contribution >= 4 is 33.2 Å². The Morgan fingerprint density at radius 1 is 0.941 bits per heavy atom. The minimum absolute atomic E-state index is 0.00431. The average Bonchev–Trinajstić information content (AvgIpc) is 3.07. The molecular weight excluding hydrogens is 450 g/mol. The van der Waals surface area contributed by atoms with E-state index in [1.165, 1.54) is 4.90 Å². The number of amides is 2. The maximum atomic E-state index is 13.0. The van der Waals surface area contributed by atoms with Gasteiger partial charge in [0, 0.05) is 18.3 Å². The lowest BCUT2D eigenvalue weighted by Crippen LogP contribution is -2.41. The second-order valence-electron chi connectivity index (χ2n) is 9.54. The lowest BCUT2D eigenvalue weighted by atomic mass is 9.86. The largest absolute Gasteiger partial charge is 0.385 e. The zero-order valence-electron chi connectivity index (χ0n) is 20.0. The zero-order valence-corrected chi connectivity index (χ0v) is 20.8. The van der Waals surface area contributed by atoms with E-state index in [1.807, 2.05) is 30.3 Å². The molecule has 1 saturated carbocycles. The first-order valence-electron chi connectivity index (χ1n) is 12.1. The van der Waals surface area contributed by atoms with Crippen molar-refractivity contribution in [2.75, 3.05) is 16.8 Å². The summed E-state index contributed by atoms with van der Waals surface area (Å²) in [5.41, 5.74) is 3.39.